The molecular weight excluding hydrogens is 206 g/mol. The first-order valence-corrected chi connectivity index (χ1v) is 7.14. The lowest BCUT2D eigenvalue weighted by Gasteiger charge is -2.17. The van der Waals surface area contributed by atoms with Gasteiger partial charge in [0.15, 0.2) is 0 Å². The summed E-state index contributed by atoms with van der Waals surface area (Å²) in [5.74, 6) is 0. The normalized spacial score (nSPS) is 12.6. The SMILES string of the molecule is CCCCc1ccc(C(CC)NCCC)cc1. The van der Waals surface area contributed by atoms with Gasteiger partial charge in [0.2, 0.25) is 0 Å². The van der Waals surface area contributed by atoms with Crippen LogP contribution in [0.3, 0.4) is 0 Å². The summed E-state index contributed by atoms with van der Waals surface area (Å²) in [5, 5.41) is 3.60. The minimum absolute atomic E-state index is 0.523. The Morgan fingerprint density at radius 2 is 1.71 bits per heavy atom. The number of nitrogens with one attached hydrogen (secondary N) is 1. The van der Waals surface area contributed by atoms with Crippen LogP contribution in [0.1, 0.15) is 63.6 Å². The van der Waals surface area contributed by atoms with Crippen molar-refractivity contribution < 1.29 is 0 Å². The molecule has 0 aromatic heterocycles. The number of hydrogen-bond acceptors (Lipinski definition) is 1. The first-order chi connectivity index (χ1) is 8.31. The van der Waals surface area contributed by atoms with Crippen LogP contribution in [0, 0.1) is 0 Å². The molecule has 0 heterocycles. The van der Waals surface area contributed by atoms with Gasteiger partial charge in [0.25, 0.3) is 0 Å². The van der Waals surface area contributed by atoms with Crippen LogP contribution in [0.4, 0.5) is 0 Å². The van der Waals surface area contributed by atoms with Crippen molar-refractivity contribution in [3.05, 3.63) is 35.4 Å². The third-order valence-corrected chi connectivity index (χ3v) is 3.25. The quantitative estimate of drug-likeness (QED) is 0.698. The van der Waals surface area contributed by atoms with Gasteiger partial charge in [-0.05, 0) is 43.4 Å². The van der Waals surface area contributed by atoms with Crippen LogP contribution in [0.25, 0.3) is 0 Å². The molecule has 0 radical (unpaired) electrons. The molecule has 0 spiro atoms. The third-order valence-electron chi connectivity index (χ3n) is 3.25. The van der Waals surface area contributed by atoms with E-state index in [1.54, 1.807) is 0 Å². The van der Waals surface area contributed by atoms with Gasteiger partial charge in [0.05, 0.1) is 0 Å². The van der Waals surface area contributed by atoms with Crippen molar-refractivity contribution >= 4 is 0 Å². The molecule has 1 nitrogen and oxygen atoms in total. The van der Waals surface area contributed by atoms with Crippen molar-refractivity contribution in [2.24, 2.45) is 0 Å². The fourth-order valence-electron chi connectivity index (χ4n) is 2.11. The highest BCUT2D eigenvalue weighted by molar-refractivity contribution is 5.25. The molecule has 0 amide bonds. The van der Waals surface area contributed by atoms with E-state index in [4.69, 9.17) is 0 Å². The van der Waals surface area contributed by atoms with E-state index in [9.17, 15) is 0 Å². The summed E-state index contributed by atoms with van der Waals surface area (Å²) in [6.07, 6.45) is 6.15. The Labute approximate surface area is 107 Å². The molecule has 1 atom stereocenters. The van der Waals surface area contributed by atoms with Crippen LogP contribution in [-0.4, -0.2) is 6.54 Å². The van der Waals surface area contributed by atoms with E-state index >= 15 is 0 Å². The maximum absolute atomic E-state index is 3.60. The second kappa shape index (κ2) is 8.30. The standard InChI is InChI=1S/C16H27N/c1-4-7-8-14-9-11-15(12-10-14)16(6-3)17-13-5-2/h9-12,16-17H,4-8,13H2,1-3H3. The van der Waals surface area contributed by atoms with Gasteiger partial charge in [-0.2, -0.15) is 0 Å². The number of benzene rings is 1. The minimum atomic E-state index is 0.523. The molecule has 1 aromatic carbocycles. The van der Waals surface area contributed by atoms with Crippen molar-refractivity contribution in [1.29, 1.82) is 0 Å². The van der Waals surface area contributed by atoms with Crippen molar-refractivity contribution in [3.63, 3.8) is 0 Å². The van der Waals surface area contributed by atoms with E-state index in [0.717, 1.165) is 13.0 Å². The highest BCUT2D eigenvalue weighted by Gasteiger charge is 2.07. The highest BCUT2D eigenvalue weighted by atomic mass is 14.9. The predicted octanol–water partition coefficient (Wildman–Crippen LogP) is 4.48. The first kappa shape index (κ1) is 14.2. The molecule has 17 heavy (non-hydrogen) atoms. The van der Waals surface area contributed by atoms with Crippen molar-refractivity contribution in [2.45, 2.75) is 58.9 Å². The van der Waals surface area contributed by atoms with Crippen LogP contribution in [-0.2, 0) is 6.42 Å². The van der Waals surface area contributed by atoms with Gasteiger partial charge in [0, 0.05) is 6.04 Å². The fraction of sp³-hybridized carbons (Fsp3) is 0.625. The average molecular weight is 233 g/mol. The summed E-state index contributed by atoms with van der Waals surface area (Å²) >= 11 is 0. The molecule has 96 valence electrons. The summed E-state index contributed by atoms with van der Waals surface area (Å²) in [5.41, 5.74) is 2.90. The largest absolute Gasteiger partial charge is 0.310 e. The molecule has 1 N–H and O–H groups in total. The lowest BCUT2D eigenvalue weighted by molar-refractivity contribution is 0.518. The minimum Gasteiger partial charge on any atom is -0.310 e. The van der Waals surface area contributed by atoms with Crippen molar-refractivity contribution in [1.82, 2.24) is 5.32 Å². The van der Waals surface area contributed by atoms with Crippen LogP contribution >= 0.6 is 0 Å². The predicted molar refractivity (Wildman–Crippen MR) is 76.4 cm³/mol. The Kier molecular flexibility index (Phi) is 6.95. The monoisotopic (exact) mass is 233 g/mol. The molecular formula is C16H27N. The molecule has 0 aliphatic rings. The van der Waals surface area contributed by atoms with Crippen LogP contribution in [0.5, 0.6) is 0 Å². The van der Waals surface area contributed by atoms with E-state index in [1.807, 2.05) is 0 Å². The zero-order valence-electron chi connectivity index (χ0n) is 11.6. The Morgan fingerprint density at radius 1 is 1.00 bits per heavy atom. The summed E-state index contributed by atoms with van der Waals surface area (Å²) in [7, 11) is 0. The maximum Gasteiger partial charge on any atom is 0.0317 e. The van der Waals surface area contributed by atoms with Crippen LogP contribution in [0.15, 0.2) is 24.3 Å². The van der Waals surface area contributed by atoms with Gasteiger partial charge in [-0.3, -0.25) is 0 Å². The Morgan fingerprint density at radius 3 is 2.24 bits per heavy atom. The lowest BCUT2D eigenvalue weighted by Crippen LogP contribution is -2.21. The van der Waals surface area contributed by atoms with Gasteiger partial charge in [-0.15, -0.1) is 0 Å². The van der Waals surface area contributed by atoms with Gasteiger partial charge in [-0.1, -0.05) is 51.5 Å². The topological polar surface area (TPSA) is 12.0 Å². The average Bonchev–Trinajstić information content (AvgIpc) is 2.38. The van der Waals surface area contributed by atoms with E-state index in [1.165, 1.54) is 36.8 Å². The molecule has 1 aromatic rings. The van der Waals surface area contributed by atoms with E-state index < -0.39 is 0 Å². The molecule has 1 unspecified atom stereocenters. The van der Waals surface area contributed by atoms with Crippen molar-refractivity contribution in [2.75, 3.05) is 6.54 Å². The third kappa shape index (κ3) is 4.91. The fourth-order valence-corrected chi connectivity index (χ4v) is 2.11. The van der Waals surface area contributed by atoms with Gasteiger partial charge < -0.3 is 5.32 Å². The van der Waals surface area contributed by atoms with Crippen LogP contribution < -0.4 is 5.32 Å². The first-order valence-electron chi connectivity index (χ1n) is 7.14. The summed E-state index contributed by atoms with van der Waals surface area (Å²) in [4.78, 5) is 0. The maximum atomic E-state index is 3.60. The van der Waals surface area contributed by atoms with Crippen molar-refractivity contribution in [3.8, 4) is 0 Å². The molecule has 0 saturated carbocycles. The Bertz CT molecular complexity index is 289. The van der Waals surface area contributed by atoms with E-state index in [2.05, 4.69) is 50.4 Å². The summed E-state index contributed by atoms with van der Waals surface area (Å²) < 4.78 is 0. The van der Waals surface area contributed by atoms with E-state index in [-0.39, 0.29) is 0 Å². The Hall–Kier alpha value is -0.820. The molecule has 0 aliphatic carbocycles. The summed E-state index contributed by atoms with van der Waals surface area (Å²) in [6.45, 7) is 7.82. The van der Waals surface area contributed by atoms with Gasteiger partial charge in [-0.25, -0.2) is 0 Å². The van der Waals surface area contributed by atoms with Gasteiger partial charge >= 0.3 is 0 Å². The molecule has 0 aliphatic heterocycles. The van der Waals surface area contributed by atoms with E-state index in [0.29, 0.717) is 6.04 Å². The lowest BCUT2D eigenvalue weighted by atomic mass is 10.0. The molecule has 1 heteroatoms. The second-order valence-corrected chi connectivity index (χ2v) is 4.76. The molecule has 0 bridgehead atoms. The zero-order chi connectivity index (χ0) is 12.5. The number of hydrogen-bond donors (Lipinski definition) is 1. The highest BCUT2D eigenvalue weighted by Crippen LogP contribution is 2.18. The van der Waals surface area contributed by atoms with Gasteiger partial charge in [0.1, 0.15) is 0 Å². The summed E-state index contributed by atoms with van der Waals surface area (Å²) in [6, 6.07) is 9.70. The van der Waals surface area contributed by atoms with Crippen LogP contribution in [0.2, 0.25) is 0 Å². The molecule has 0 fully saturated rings. The Balaban J connectivity index is 2.57. The number of unbranched alkanes of at least 4 members (excludes halogenated alkanes) is 1. The second-order valence-electron chi connectivity index (χ2n) is 4.76. The molecule has 0 saturated heterocycles. The molecule has 1 rings (SSSR count). The smallest absolute Gasteiger partial charge is 0.0317 e. The number of rotatable bonds is 8. The number of aryl methyl sites for hydroxylation is 1. The zero-order valence-corrected chi connectivity index (χ0v) is 11.6.